The number of hydrogen-bond donors (Lipinski definition) is 0. The number of imide groups is 1. The predicted molar refractivity (Wildman–Crippen MR) is 80.9 cm³/mol. The normalized spacial score (nSPS) is 22.3. The van der Waals surface area contributed by atoms with E-state index in [2.05, 4.69) is 0 Å². The summed E-state index contributed by atoms with van der Waals surface area (Å²) < 4.78 is 5.41. The summed E-state index contributed by atoms with van der Waals surface area (Å²) in [6, 6.07) is 9.25. The van der Waals surface area contributed by atoms with Crippen LogP contribution >= 0.6 is 0 Å². The monoisotopic (exact) mass is 289 g/mol. The topological polar surface area (TPSA) is 46.6 Å². The third-order valence-corrected chi connectivity index (χ3v) is 4.08. The number of ether oxygens (including phenoxy) is 1. The first-order valence-corrected chi connectivity index (χ1v) is 7.36. The maximum atomic E-state index is 12.8. The van der Waals surface area contributed by atoms with Crippen molar-refractivity contribution >= 4 is 12.0 Å². The van der Waals surface area contributed by atoms with Gasteiger partial charge in [0.2, 0.25) is 5.91 Å². The second kappa shape index (κ2) is 5.51. The number of carbonyl (C=O) groups excluding carboxylic acids is 2. The van der Waals surface area contributed by atoms with E-state index in [1.807, 2.05) is 65.0 Å². The van der Waals surface area contributed by atoms with Crippen LogP contribution in [-0.2, 0) is 9.53 Å². The Balaban J connectivity index is 2.31. The molecule has 0 saturated carbocycles. The second-order valence-electron chi connectivity index (χ2n) is 6.50. The molecule has 4 heteroatoms. The molecule has 114 valence electrons. The fraction of sp³-hybridized carbons (Fsp3) is 0.529. The van der Waals surface area contributed by atoms with Crippen molar-refractivity contribution in [3.8, 4) is 0 Å². The highest BCUT2D eigenvalue weighted by atomic mass is 16.6. The van der Waals surface area contributed by atoms with Crippen molar-refractivity contribution in [2.45, 2.75) is 52.2 Å². The van der Waals surface area contributed by atoms with Crippen molar-refractivity contribution < 1.29 is 14.3 Å². The average molecular weight is 289 g/mol. The predicted octanol–water partition coefficient (Wildman–Crippen LogP) is 3.57. The molecule has 0 unspecified atom stereocenters. The Morgan fingerprint density at radius 2 is 1.76 bits per heavy atom. The van der Waals surface area contributed by atoms with Crippen LogP contribution in [0.4, 0.5) is 4.79 Å². The van der Waals surface area contributed by atoms with Crippen molar-refractivity contribution in [3.05, 3.63) is 35.9 Å². The van der Waals surface area contributed by atoms with Crippen LogP contribution in [0.3, 0.4) is 0 Å². The number of hydrogen-bond acceptors (Lipinski definition) is 3. The Hall–Kier alpha value is -1.84. The molecular weight excluding hydrogens is 266 g/mol. The van der Waals surface area contributed by atoms with E-state index in [0.717, 1.165) is 5.56 Å². The molecule has 1 heterocycles. The van der Waals surface area contributed by atoms with Gasteiger partial charge in [-0.15, -0.1) is 0 Å². The molecule has 0 spiro atoms. The Labute approximate surface area is 126 Å². The molecule has 2 amide bonds. The Morgan fingerprint density at radius 1 is 1.19 bits per heavy atom. The summed E-state index contributed by atoms with van der Waals surface area (Å²) in [6.07, 6.45) is -0.536. The lowest BCUT2D eigenvalue weighted by atomic mass is 9.88. The summed E-state index contributed by atoms with van der Waals surface area (Å²) in [6.45, 7) is 9.55. The number of benzene rings is 1. The smallest absolute Gasteiger partial charge is 0.417 e. The lowest BCUT2D eigenvalue weighted by molar-refractivity contribution is -0.131. The van der Waals surface area contributed by atoms with Crippen molar-refractivity contribution in [3.63, 3.8) is 0 Å². The maximum absolute atomic E-state index is 12.8. The van der Waals surface area contributed by atoms with Crippen LogP contribution in [0.2, 0.25) is 0 Å². The molecule has 21 heavy (non-hydrogen) atoms. The van der Waals surface area contributed by atoms with E-state index >= 15 is 0 Å². The molecule has 0 radical (unpaired) electrons. The molecule has 4 nitrogen and oxygen atoms in total. The van der Waals surface area contributed by atoms with E-state index in [9.17, 15) is 9.59 Å². The zero-order valence-corrected chi connectivity index (χ0v) is 13.3. The second-order valence-corrected chi connectivity index (χ2v) is 6.50. The number of rotatable bonds is 3. The molecule has 1 aromatic rings. The van der Waals surface area contributed by atoms with Gasteiger partial charge in [0.05, 0.1) is 12.0 Å². The Kier molecular flexibility index (Phi) is 4.08. The highest BCUT2D eigenvalue weighted by Crippen LogP contribution is 2.36. The maximum Gasteiger partial charge on any atom is 0.417 e. The summed E-state index contributed by atoms with van der Waals surface area (Å²) >= 11 is 0. The van der Waals surface area contributed by atoms with E-state index in [1.165, 1.54) is 4.90 Å². The minimum atomic E-state index is -0.655. The van der Waals surface area contributed by atoms with Crippen LogP contribution in [0.25, 0.3) is 0 Å². The summed E-state index contributed by atoms with van der Waals surface area (Å²) in [5, 5.41) is 0. The van der Waals surface area contributed by atoms with Gasteiger partial charge in [0.1, 0.15) is 5.60 Å². The lowest BCUT2D eigenvalue weighted by Gasteiger charge is -2.32. The van der Waals surface area contributed by atoms with E-state index in [-0.39, 0.29) is 23.8 Å². The van der Waals surface area contributed by atoms with Gasteiger partial charge in [-0.2, -0.15) is 0 Å². The summed E-state index contributed by atoms with van der Waals surface area (Å²) in [7, 11) is 0. The van der Waals surface area contributed by atoms with Gasteiger partial charge >= 0.3 is 6.09 Å². The fourth-order valence-corrected chi connectivity index (χ4v) is 3.18. The summed E-state index contributed by atoms with van der Waals surface area (Å²) in [5.74, 6) is -0.428. The molecule has 1 aliphatic rings. The molecule has 2 atom stereocenters. The highest BCUT2D eigenvalue weighted by molar-refractivity contribution is 5.97. The molecule has 0 aromatic heterocycles. The molecule has 0 N–H and O–H groups in total. The number of cyclic esters (lactones) is 1. The van der Waals surface area contributed by atoms with E-state index in [4.69, 9.17) is 4.74 Å². The van der Waals surface area contributed by atoms with Crippen molar-refractivity contribution in [2.75, 3.05) is 0 Å². The third kappa shape index (κ3) is 2.80. The Morgan fingerprint density at radius 3 is 2.29 bits per heavy atom. The molecule has 2 rings (SSSR count). The number of carbonyl (C=O) groups is 2. The number of amides is 2. The van der Waals surface area contributed by atoms with E-state index in [0.29, 0.717) is 0 Å². The van der Waals surface area contributed by atoms with Crippen LogP contribution in [0.15, 0.2) is 30.3 Å². The molecule has 1 aliphatic heterocycles. The molecule has 0 aliphatic carbocycles. The van der Waals surface area contributed by atoms with Crippen LogP contribution in [0, 0.1) is 5.92 Å². The zero-order valence-electron chi connectivity index (χ0n) is 13.3. The van der Waals surface area contributed by atoms with Crippen molar-refractivity contribution in [1.82, 2.24) is 4.90 Å². The fourth-order valence-electron chi connectivity index (χ4n) is 3.18. The minimum Gasteiger partial charge on any atom is -0.441 e. The van der Waals surface area contributed by atoms with Gasteiger partial charge < -0.3 is 4.74 Å². The lowest BCUT2D eigenvalue weighted by Crippen LogP contribution is -2.49. The van der Waals surface area contributed by atoms with E-state index in [1.54, 1.807) is 0 Å². The van der Waals surface area contributed by atoms with Gasteiger partial charge in [-0.25, -0.2) is 9.69 Å². The van der Waals surface area contributed by atoms with Crippen LogP contribution in [0.1, 0.15) is 46.1 Å². The SMILES string of the molecule is CC(C)[C@@H]1N(C(=O)[C@@H](C)c2ccccc2)C(=O)OC1(C)C. The quantitative estimate of drug-likeness (QED) is 0.854. The van der Waals surface area contributed by atoms with Crippen LogP contribution in [-0.4, -0.2) is 28.5 Å². The van der Waals surface area contributed by atoms with Gasteiger partial charge in [0.15, 0.2) is 0 Å². The van der Waals surface area contributed by atoms with Gasteiger partial charge in [0.25, 0.3) is 0 Å². The molecular formula is C17H23NO3. The summed E-state index contributed by atoms with van der Waals surface area (Å²) in [5.41, 5.74) is 0.250. The van der Waals surface area contributed by atoms with E-state index < -0.39 is 11.7 Å². The first kappa shape index (κ1) is 15.5. The number of nitrogens with zero attached hydrogens (tertiary/aromatic N) is 1. The minimum absolute atomic E-state index is 0.137. The van der Waals surface area contributed by atoms with Gasteiger partial charge in [0, 0.05) is 0 Å². The van der Waals surface area contributed by atoms with Crippen LogP contribution < -0.4 is 0 Å². The van der Waals surface area contributed by atoms with Gasteiger partial charge in [-0.3, -0.25) is 4.79 Å². The molecule has 1 aromatic carbocycles. The highest BCUT2D eigenvalue weighted by Gasteiger charge is 2.52. The molecule has 0 bridgehead atoms. The first-order valence-electron chi connectivity index (χ1n) is 7.36. The molecule has 1 fully saturated rings. The first-order chi connectivity index (χ1) is 9.75. The third-order valence-electron chi connectivity index (χ3n) is 4.08. The standard InChI is InChI=1S/C17H23NO3/c1-11(2)14-17(4,5)21-16(20)18(14)15(19)12(3)13-9-7-6-8-10-13/h6-12,14H,1-5H3/t12-,14-/m0/s1. The van der Waals surface area contributed by atoms with Crippen molar-refractivity contribution in [1.29, 1.82) is 0 Å². The molecule has 1 saturated heterocycles. The van der Waals surface area contributed by atoms with Gasteiger partial charge in [-0.1, -0.05) is 44.2 Å². The Bertz CT molecular complexity index is 536. The van der Waals surface area contributed by atoms with Crippen LogP contribution in [0.5, 0.6) is 0 Å². The summed E-state index contributed by atoms with van der Waals surface area (Å²) in [4.78, 5) is 26.3. The van der Waals surface area contributed by atoms with Gasteiger partial charge in [-0.05, 0) is 32.3 Å². The largest absolute Gasteiger partial charge is 0.441 e. The average Bonchev–Trinajstić information content (AvgIpc) is 2.67. The zero-order chi connectivity index (χ0) is 15.8. The van der Waals surface area contributed by atoms with Crippen molar-refractivity contribution in [2.24, 2.45) is 5.92 Å².